The lowest BCUT2D eigenvalue weighted by Gasteiger charge is -2.01. The van der Waals surface area contributed by atoms with Gasteiger partial charge in [-0.25, -0.2) is 0 Å². The molecule has 72 valence electrons. The van der Waals surface area contributed by atoms with E-state index in [-0.39, 0.29) is 22.8 Å². The number of nitriles is 1. The highest BCUT2D eigenvalue weighted by Gasteiger charge is 2.18. The summed E-state index contributed by atoms with van der Waals surface area (Å²) in [6, 6.07) is 4.33. The Morgan fingerprint density at radius 2 is 2.29 bits per heavy atom. The SMILES string of the molecule is N#Cc1c(CN)cc(Cl)cc1[N+](=O)[O-]. The topological polar surface area (TPSA) is 93.0 Å². The number of rotatable bonds is 2. The van der Waals surface area contributed by atoms with Crippen molar-refractivity contribution in [2.75, 3.05) is 0 Å². The summed E-state index contributed by atoms with van der Waals surface area (Å²) in [6.45, 7) is 0.0459. The van der Waals surface area contributed by atoms with E-state index < -0.39 is 4.92 Å². The van der Waals surface area contributed by atoms with Crippen LogP contribution in [-0.2, 0) is 6.54 Å². The van der Waals surface area contributed by atoms with E-state index in [1.807, 2.05) is 0 Å². The number of nitro groups is 1. The first-order valence-electron chi connectivity index (χ1n) is 3.67. The molecule has 0 saturated heterocycles. The molecule has 0 spiro atoms. The van der Waals surface area contributed by atoms with E-state index in [9.17, 15) is 10.1 Å². The van der Waals surface area contributed by atoms with E-state index in [0.29, 0.717) is 5.56 Å². The minimum Gasteiger partial charge on any atom is -0.326 e. The van der Waals surface area contributed by atoms with Crippen LogP contribution in [0.15, 0.2) is 12.1 Å². The average molecular weight is 212 g/mol. The molecule has 1 aromatic rings. The van der Waals surface area contributed by atoms with Gasteiger partial charge in [-0.3, -0.25) is 10.1 Å². The van der Waals surface area contributed by atoms with Crippen LogP contribution < -0.4 is 5.73 Å². The van der Waals surface area contributed by atoms with Crippen molar-refractivity contribution in [1.82, 2.24) is 0 Å². The Kier molecular flexibility index (Phi) is 3.02. The lowest BCUT2D eigenvalue weighted by molar-refractivity contribution is -0.385. The van der Waals surface area contributed by atoms with Gasteiger partial charge in [0.15, 0.2) is 0 Å². The highest BCUT2D eigenvalue weighted by molar-refractivity contribution is 6.30. The number of nitrogens with two attached hydrogens (primary N) is 1. The van der Waals surface area contributed by atoms with Crippen molar-refractivity contribution >= 4 is 17.3 Å². The minimum atomic E-state index is -0.649. The second-order valence-corrected chi connectivity index (χ2v) is 2.97. The van der Waals surface area contributed by atoms with Crippen LogP contribution >= 0.6 is 11.6 Å². The normalized spacial score (nSPS) is 9.50. The van der Waals surface area contributed by atoms with Crippen LogP contribution in [0.3, 0.4) is 0 Å². The number of benzene rings is 1. The molecular weight excluding hydrogens is 206 g/mol. The summed E-state index contributed by atoms with van der Waals surface area (Å²) in [5.74, 6) is 0. The number of nitrogens with zero attached hydrogens (tertiary/aromatic N) is 2. The largest absolute Gasteiger partial charge is 0.326 e. The molecule has 0 aliphatic rings. The Balaban J connectivity index is 3.49. The summed E-state index contributed by atoms with van der Waals surface area (Å²) in [5.41, 5.74) is 5.38. The molecule has 0 bridgehead atoms. The second-order valence-electron chi connectivity index (χ2n) is 2.53. The van der Waals surface area contributed by atoms with Gasteiger partial charge in [-0.2, -0.15) is 5.26 Å². The Hall–Kier alpha value is -1.64. The smallest absolute Gasteiger partial charge is 0.288 e. The van der Waals surface area contributed by atoms with Gasteiger partial charge in [0.25, 0.3) is 5.69 Å². The molecule has 0 aliphatic carbocycles. The molecule has 14 heavy (non-hydrogen) atoms. The summed E-state index contributed by atoms with van der Waals surface area (Å²) in [5, 5.41) is 19.5. The maximum Gasteiger partial charge on any atom is 0.288 e. The second kappa shape index (κ2) is 4.05. The van der Waals surface area contributed by atoms with Crippen LogP contribution in [0.25, 0.3) is 0 Å². The van der Waals surface area contributed by atoms with Crippen LogP contribution in [0.1, 0.15) is 11.1 Å². The highest BCUT2D eigenvalue weighted by Crippen LogP contribution is 2.26. The van der Waals surface area contributed by atoms with E-state index in [1.54, 1.807) is 6.07 Å². The van der Waals surface area contributed by atoms with Gasteiger partial charge < -0.3 is 5.73 Å². The Labute approximate surface area is 84.8 Å². The molecule has 0 saturated carbocycles. The number of hydrogen-bond donors (Lipinski definition) is 1. The van der Waals surface area contributed by atoms with E-state index in [0.717, 1.165) is 6.07 Å². The fourth-order valence-corrected chi connectivity index (χ4v) is 1.32. The quantitative estimate of drug-likeness (QED) is 0.594. The Morgan fingerprint density at radius 3 is 2.71 bits per heavy atom. The molecule has 0 unspecified atom stereocenters. The van der Waals surface area contributed by atoms with Gasteiger partial charge in [-0.15, -0.1) is 0 Å². The van der Waals surface area contributed by atoms with Crippen molar-refractivity contribution in [3.8, 4) is 6.07 Å². The van der Waals surface area contributed by atoms with E-state index in [1.165, 1.54) is 6.07 Å². The molecule has 5 nitrogen and oxygen atoms in total. The fraction of sp³-hybridized carbons (Fsp3) is 0.125. The summed E-state index contributed by atoms with van der Waals surface area (Å²) in [6.07, 6.45) is 0. The molecule has 0 aliphatic heterocycles. The average Bonchev–Trinajstić information content (AvgIpc) is 2.16. The molecule has 0 atom stereocenters. The molecule has 0 radical (unpaired) electrons. The zero-order valence-electron chi connectivity index (χ0n) is 7.03. The standard InChI is InChI=1S/C8H6ClN3O2/c9-6-1-5(3-10)7(4-11)8(2-6)12(13)14/h1-2H,3,10H2. The number of halogens is 1. The lowest BCUT2D eigenvalue weighted by Crippen LogP contribution is -2.02. The van der Waals surface area contributed by atoms with Crippen molar-refractivity contribution in [2.24, 2.45) is 5.73 Å². The third kappa shape index (κ3) is 1.82. The van der Waals surface area contributed by atoms with E-state index >= 15 is 0 Å². The number of hydrogen-bond acceptors (Lipinski definition) is 4. The van der Waals surface area contributed by atoms with Crippen LogP contribution in [-0.4, -0.2) is 4.92 Å². The van der Waals surface area contributed by atoms with Crippen molar-refractivity contribution in [3.63, 3.8) is 0 Å². The monoisotopic (exact) mass is 211 g/mol. The van der Waals surface area contributed by atoms with Crippen molar-refractivity contribution in [1.29, 1.82) is 5.26 Å². The van der Waals surface area contributed by atoms with Crippen molar-refractivity contribution in [3.05, 3.63) is 38.4 Å². The fourth-order valence-electron chi connectivity index (χ4n) is 1.08. The van der Waals surface area contributed by atoms with Crippen molar-refractivity contribution in [2.45, 2.75) is 6.54 Å². The van der Waals surface area contributed by atoms with Crippen LogP contribution in [0.5, 0.6) is 0 Å². The van der Waals surface area contributed by atoms with Gasteiger partial charge >= 0.3 is 0 Å². The van der Waals surface area contributed by atoms with Crippen LogP contribution in [0, 0.1) is 21.4 Å². The molecule has 2 N–H and O–H groups in total. The predicted molar refractivity (Wildman–Crippen MR) is 50.7 cm³/mol. The molecule has 0 heterocycles. The summed E-state index contributed by atoms with van der Waals surface area (Å²) in [4.78, 5) is 9.91. The van der Waals surface area contributed by atoms with Gasteiger partial charge in [0.05, 0.1) is 4.92 Å². The van der Waals surface area contributed by atoms with Crippen LogP contribution in [0.4, 0.5) is 5.69 Å². The van der Waals surface area contributed by atoms with Gasteiger partial charge in [0, 0.05) is 17.6 Å². The molecule has 0 aromatic heterocycles. The molecule has 0 amide bonds. The van der Waals surface area contributed by atoms with Gasteiger partial charge in [0.2, 0.25) is 0 Å². The maximum atomic E-state index is 10.6. The van der Waals surface area contributed by atoms with Crippen LogP contribution in [0.2, 0.25) is 5.02 Å². The van der Waals surface area contributed by atoms with E-state index in [2.05, 4.69) is 0 Å². The summed E-state index contributed by atoms with van der Waals surface area (Å²) in [7, 11) is 0. The first-order valence-corrected chi connectivity index (χ1v) is 4.05. The first kappa shape index (κ1) is 10.4. The summed E-state index contributed by atoms with van der Waals surface area (Å²) < 4.78 is 0. The van der Waals surface area contributed by atoms with Gasteiger partial charge in [-0.1, -0.05) is 11.6 Å². The Bertz CT molecular complexity index is 425. The minimum absolute atomic E-state index is 0.0260. The molecule has 6 heteroatoms. The van der Waals surface area contributed by atoms with Gasteiger partial charge in [-0.05, 0) is 11.6 Å². The maximum absolute atomic E-state index is 10.6. The molecule has 0 fully saturated rings. The first-order chi connectivity index (χ1) is 6.60. The third-order valence-electron chi connectivity index (χ3n) is 1.69. The molecule has 1 rings (SSSR count). The van der Waals surface area contributed by atoms with Crippen molar-refractivity contribution < 1.29 is 4.92 Å². The zero-order valence-corrected chi connectivity index (χ0v) is 7.78. The highest BCUT2D eigenvalue weighted by atomic mass is 35.5. The third-order valence-corrected chi connectivity index (χ3v) is 1.91. The molecule has 1 aromatic carbocycles. The zero-order chi connectivity index (χ0) is 10.7. The summed E-state index contributed by atoms with van der Waals surface area (Å²) >= 11 is 5.63. The lowest BCUT2D eigenvalue weighted by atomic mass is 10.1. The number of nitro benzene ring substituents is 1. The predicted octanol–water partition coefficient (Wildman–Crippen LogP) is 1.58. The molecular formula is C8H6ClN3O2. The van der Waals surface area contributed by atoms with E-state index in [4.69, 9.17) is 22.6 Å². The van der Waals surface area contributed by atoms with Gasteiger partial charge in [0.1, 0.15) is 11.6 Å². The Morgan fingerprint density at radius 1 is 1.64 bits per heavy atom.